The maximum Gasteiger partial charge on any atom is 0.338 e. The fourth-order valence-corrected chi connectivity index (χ4v) is 1.78. The van der Waals surface area contributed by atoms with Crippen LogP contribution in [-0.2, 0) is 14.3 Å². The van der Waals surface area contributed by atoms with Gasteiger partial charge in [-0.25, -0.2) is 4.79 Å². The molecule has 0 aromatic heterocycles. The molecule has 0 aromatic rings. The molecule has 0 aliphatic rings. The molecule has 4 nitrogen and oxygen atoms in total. The molecule has 0 heterocycles. The topological polar surface area (TPSA) is 63.6 Å². The zero-order chi connectivity index (χ0) is 14.8. The molecule has 4 heteroatoms. The van der Waals surface area contributed by atoms with Gasteiger partial charge in [0.25, 0.3) is 0 Å². The molecule has 0 aliphatic heterocycles. The highest BCUT2D eigenvalue weighted by atomic mass is 16.5. The lowest BCUT2D eigenvalue weighted by atomic mass is 9.99. The van der Waals surface area contributed by atoms with E-state index >= 15 is 0 Å². The van der Waals surface area contributed by atoms with Crippen molar-refractivity contribution < 1.29 is 19.4 Å². The van der Waals surface area contributed by atoms with Crippen LogP contribution in [0.5, 0.6) is 0 Å². The molecule has 0 aliphatic carbocycles. The third-order valence-corrected chi connectivity index (χ3v) is 2.63. The van der Waals surface area contributed by atoms with Crippen LogP contribution in [0.1, 0.15) is 53.4 Å². The zero-order valence-electron chi connectivity index (χ0n) is 12.3. The Balaban J connectivity index is 5.21. The molecule has 0 saturated carbocycles. The molecule has 0 saturated heterocycles. The van der Waals surface area contributed by atoms with Crippen LogP contribution in [-0.4, -0.2) is 23.5 Å². The first-order valence-electron chi connectivity index (χ1n) is 6.74. The maximum absolute atomic E-state index is 11.9. The molecule has 0 rings (SSSR count). The van der Waals surface area contributed by atoms with Crippen LogP contribution in [0.3, 0.4) is 0 Å². The number of carbonyl (C=O) groups excluding carboxylic acids is 2. The molecule has 19 heavy (non-hydrogen) atoms. The van der Waals surface area contributed by atoms with Crippen LogP contribution in [0.15, 0.2) is 23.0 Å². The highest BCUT2D eigenvalue weighted by Crippen LogP contribution is 2.18. The van der Waals surface area contributed by atoms with Gasteiger partial charge in [-0.1, -0.05) is 25.8 Å². The Morgan fingerprint density at radius 2 is 1.79 bits per heavy atom. The van der Waals surface area contributed by atoms with Crippen LogP contribution in [0, 0.1) is 0 Å². The van der Waals surface area contributed by atoms with E-state index in [0.29, 0.717) is 6.42 Å². The van der Waals surface area contributed by atoms with Gasteiger partial charge < -0.3 is 9.84 Å². The van der Waals surface area contributed by atoms with Crippen molar-refractivity contribution in [3.63, 3.8) is 0 Å². The number of rotatable bonds is 8. The van der Waals surface area contributed by atoms with E-state index in [-0.39, 0.29) is 29.3 Å². The molecule has 0 fully saturated rings. The number of ether oxygens (including phenoxy) is 1. The number of aliphatic hydroxyl groups excluding tert-OH is 1. The van der Waals surface area contributed by atoms with E-state index in [2.05, 4.69) is 6.92 Å². The summed E-state index contributed by atoms with van der Waals surface area (Å²) in [7, 11) is 0. The highest BCUT2D eigenvalue weighted by molar-refractivity contribution is 6.09. The minimum absolute atomic E-state index is 0.0509. The second kappa shape index (κ2) is 9.36. The lowest BCUT2D eigenvalue weighted by Crippen LogP contribution is -2.15. The molecular formula is C15H24O4. The third-order valence-electron chi connectivity index (χ3n) is 2.63. The Bertz CT molecular complexity index is 374. The van der Waals surface area contributed by atoms with Crippen molar-refractivity contribution in [1.29, 1.82) is 0 Å². The summed E-state index contributed by atoms with van der Waals surface area (Å²) in [5.74, 6) is -1.05. The average molecular weight is 268 g/mol. The van der Waals surface area contributed by atoms with Gasteiger partial charge in [0.15, 0.2) is 5.78 Å². The third kappa shape index (κ3) is 6.22. The second-order valence-corrected chi connectivity index (χ2v) is 4.35. The number of ketones is 1. The number of hydrogen-bond donors (Lipinski definition) is 1. The van der Waals surface area contributed by atoms with E-state index in [0.717, 1.165) is 19.3 Å². The fraction of sp³-hybridized carbons (Fsp3) is 0.600. The van der Waals surface area contributed by atoms with E-state index in [1.165, 1.54) is 13.8 Å². The lowest BCUT2D eigenvalue weighted by Gasteiger charge is -2.10. The molecule has 0 unspecified atom stereocenters. The van der Waals surface area contributed by atoms with Crippen LogP contribution < -0.4 is 0 Å². The second-order valence-electron chi connectivity index (χ2n) is 4.35. The summed E-state index contributed by atoms with van der Waals surface area (Å²) in [5.41, 5.74) is 0.223. The number of carbonyl (C=O) groups is 2. The summed E-state index contributed by atoms with van der Waals surface area (Å²) >= 11 is 0. The number of unbranched alkanes of at least 4 members (excludes halogenated alkanes) is 3. The molecule has 0 amide bonds. The number of hydrogen-bond acceptors (Lipinski definition) is 4. The van der Waals surface area contributed by atoms with Gasteiger partial charge >= 0.3 is 5.97 Å². The van der Waals surface area contributed by atoms with Gasteiger partial charge in [0, 0.05) is 0 Å². The molecule has 0 radical (unpaired) electrons. The molecule has 0 bridgehead atoms. The number of aliphatic hydroxyl groups is 1. The number of esters is 1. The van der Waals surface area contributed by atoms with Gasteiger partial charge in [0.05, 0.1) is 17.8 Å². The van der Waals surface area contributed by atoms with E-state index in [9.17, 15) is 14.7 Å². The summed E-state index contributed by atoms with van der Waals surface area (Å²) in [5, 5.41) is 9.58. The van der Waals surface area contributed by atoms with E-state index < -0.39 is 5.97 Å². The van der Waals surface area contributed by atoms with Gasteiger partial charge in [-0.2, -0.15) is 0 Å². The lowest BCUT2D eigenvalue weighted by molar-refractivity contribution is -0.138. The first-order chi connectivity index (χ1) is 8.95. The number of Topliss-reactive ketones (excluding diaryl/α,β-unsaturated/α-hetero) is 1. The van der Waals surface area contributed by atoms with Crippen LogP contribution in [0.4, 0.5) is 0 Å². The van der Waals surface area contributed by atoms with Gasteiger partial charge in [0.2, 0.25) is 0 Å². The van der Waals surface area contributed by atoms with Gasteiger partial charge in [0.1, 0.15) is 5.76 Å². The minimum Gasteiger partial charge on any atom is -0.512 e. The first kappa shape index (κ1) is 17.4. The standard InChI is InChI=1S/C15H24O4/c1-5-7-8-9-10-13(15(18)19-6-2)14(11(3)16)12(4)17/h10,16H,5-9H2,1-4H3/b13-10+,14-11-. The van der Waals surface area contributed by atoms with Crippen molar-refractivity contribution in [2.45, 2.75) is 53.4 Å². The van der Waals surface area contributed by atoms with Crippen molar-refractivity contribution >= 4 is 11.8 Å². The minimum atomic E-state index is -0.558. The monoisotopic (exact) mass is 268 g/mol. The van der Waals surface area contributed by atoms with Crippen molar-refractivity contribution in [3.05, 3.63) is 23.0 Å². The molecule has 0 aromatic carbocycles. The van der Waals surface area contributed by atoms with Gasteiger partial charge in [-0.05, 0) is 33.6 Å². The van der Waals surface area contributed by atoms with Crippen LogP contribution in [0.25, 0.3) is 0 Å². The molecule has 1 N–H and O–H groups in total. The Kier molecular flexibility index (Phi) is 8.58. The normalized spacial score (nSPS) is 12.9. The van der Waals surface area contributed by atoms with Crippen molar-refractivity contribution in [2.75, 3.05) is 6.61 Å². The Morgan fingerprint density at radius 1 is 1.16 bits per heavy atom. The highest BCUT2D eigenvalue weighted by Gasteiger charge is 2.21. The smallest absolute Gasteiger partial charge is 0.338 e. The number of allylic oxidation sites excluding steroid dienone is 2. The van der Waals surface area contributed by atoms with E-state index in [1.807, 2.05) is 0 Å². The summed E-state index contributed by atoms with van der Waals surface area (Å²) in [6, 6.07) is 0. The molecular weight excluding hydrogens is 244 g/mol. The van der Waals surface area contributed by atoms with Gasteiger partial charge in [-0.15, -0.1) is 0 Å². The maximum atomic E-state index is 11.9. The Labute approximate surface area is 115 Å². The predicted molar refractivity (Wildman–Crippen MR) is 74.9 cm³/mol. The quantitative estimate of drug-likeness (QED) is 0.241. The summed E-state index contributed by atoms with van der Waals surface area (Å²) in [6.45, 7) is 6.76. The van der Waals surface area contributed by atoms with Gasteiger partial charge in [-0.3, -0.25) is 4.79 Å². The van der Waals surface area contributed by atoms with E-state index in [4.69, 9.17) is 4.74 Å². The molecule has 0 spiro atoms. The zero-order valence-corrected chi connectivity index (χ0v) is 12.3. The van der Waals surface area contributed by atoms with E-state index in [1.54, 1.807) is 13.0 Å². The van der Waals surface area contributed by atoms with Crippen LogP contribution >= 0.6 is 0 Å². The first-order valence-corrected chi connectivity index (χ1v) is 6.74. The Morgan fingerprint density at radius 3 is 2.21 bits per heavy atom. The molecule has 0 atom stereocenters. The van der Waals surface area contributed by atoms with Crippen LogP contribution in [0.2, 0.25) is 0 Å². The van der Waals surface area contributed by atoms with Crippen molar-refractivity contribution in [3.8, 4) is 0 Å². The SMILES string of the molecule is CCCCC/C=C(C(=O)OCC)\C(C(C)=O)=C(\C)O. The van der Waals surface area contributed by atoms with Crippen molar-refractivity contribution in [1.82, 2.24) is 0 Å². The predicted octanol–water partition coefficient (Wildman–Crippen LogP) is 3.48. The summed E-state index contributed by atoms with van der Waals surface area (Å²) in [6.07, 6.45) is 5.45. The fourth-order valence-electron chi connectivity index (χ4n) is 1.78. The summed E-state index contributed by atoms with van der Waals surface area (Å²) in [4.78, 5) is 23.4. The van der Waals surface area contributed by atoms with Crippen molar-refractivity contribution in [2.24, 2.45) is 0 Å². The Hall–Kier alpha value is -1.58. The largest absolute Gasteiger partial charge is 0.512 e. The molecule has 108 valence electrons. The average Bonchev–Trinajstić information content (AvgIpc) is 2.32. The summed E-state index contributed by atoms with van der Waals surface area (Å²) < 4.78 is 4.94.